The Morgan fingerprint density at radius 2 is 2.14 bits per heavy atom. The number of hydrogen-bond acceptors (Lipinski definition) is 3. The number of nitrogens with one attached hydrogen (secondary N) is 2. The standard InChI is InChI=1S/C16H24FN3O2/c1-2-20-8-7-15(20)10-19-16(22)18-9-13(11-21)12-3-5-14(17)6-4-12/h3-6,13,15,21H,2,7-11H2,1H3,(H2,18,19,22). The van der Waals surface area contributed by atoms with Gasteiger partial charge < -0.3 is 15.7 Å². The predicted octanol–water partition coefficient (Wildman–Crippen LogP) is 1.30. The van der Waals surface area contributed by atoms with Crippen LogP contribution in [0.1, 0.15) is 24.8 Å². The lowest BCUT2D eigenvalue weighted by atomic mass is 10.00. The summed E-state index contributed by atoms with van der Waals surface area (Å²) >= 11 is 0. The van der Waals surface area contributed by atoms with Crippen LogP contribution in [0.25, 0.3) is 0 Å². The minimum absolute atomic E-state index is 0.0991. The topological polar surface area (TPSA) is 64.6 Å². The van der Waals surface area contributed by atoms with Gasteiger partial charge in [0.1, 0.15) is 5.82 Å². The molecule has 2 atom stereocenters. The molecule has 6 heteroatoms. The molecule has 1 aliphatic heterocycles. The molecule has 1 aromatic carbocycles. The second-order valence-electron chi connectivity index (χ2n) is 5.59. The molecule has 1 aromatic rings. The summed E-state index contributed by atoms with van der Waals surface area (Å²) in [6, 6.07) is 6.17. The highest BCUT2D eigenvalue weighted by Crippen LogP contribution is 2.16. The van der Waals surface area contributed by atoms with Crippen LogP contribution in [0.3, 0.4) is 0 Å². The molecule has 2 rings (SSSR count). The van der Waals surface area contributed by atoms with Crippen LogP contribution in [0.4, 0.5) is 9.18 Å². The van der Waals surface area contributed by atoms with Crippen molar-refractivity contribution in [3.05, 3.63) is 35.6 Å². The number of benzene rings is 1. The van der Waals surface area contributed by atoms with Gasteiger partial charge in [-0.25, -0.2) is 9.18 Å². The Morgan fingerprint density at radius 1 is 1.41 bits per heavy atom. The molecule has 1 fully saturated rings. The van der Waals surface area contributed by atoms with Crippen molar-refractivity contribution in [2.75, 3.05) is 32.8 Å². The highest BCUT2D eigenvalue weighted by Gasteiger charge is 2.26. The van der Waals surface area contributed by atoms with Gasteiger partial charge in [-0.2, -0.15) is 0 Å². The minimum atomic E-state index is -0.313. The summed E-state index contributed by atoms with van der Waals surface area (Å²) in [6.45, 7) is 5.07. The molecule has 122 valence electrons. The van der Waals surface area contributed by atoms with Crippen LogP contribution in [0, 0.1) is 5.82 Å². The summed E-state index contributed by atoms with van der Waals surface area (Å²) < 4.78 is 12.9. The maximum absolute atomic E-state index is 12.9. The second-order valence-corrected chi connectivity index (χ2v) is 5.59. The monoisotopic (exact) mass is 309 g/mol. The molecular weight excluding hydrogens is 285 g/mol. The normalized spacial score (nSPS) is 19.3. The summed E-state index contributed by atoms with van der Waals surface area (Å²) in [4.78, 5) is 14.1. The summed E-state index contributed by atoms with van der Waals surface area (Å²) in [5.74, 6) is -0.547. The zero-order chi connectivity index (χ0) is 15.9. The van der Waals surface area contributed by atoms with Gasteiger partial charge in [-0.15, -0.1) is 0 Å². The molecule has 1 heterocycles. The summed E-state index contributed by atoms with van der Waals surface area (Å²) in [5.41, 5.74) is 0.806. The van der Waals surface area contributed by atoms with Gasteiger partial charge in [0.25, 0.3) is 0 Å². The van der Waals surface area contributed by atoms with Gasteiger partial charge in [-0.05, 0) is 30.7 Å². The fourth-order valence-corrected chi connectivity index (χ4v) is 2.65. The third kappa shape index (κ3) is 4.42. The first-order valence-electron chi connectivity index (χ1n) is 7.76. The van der Waals surface area contributed by atoms with Crippen molar-refractivity contribution in [2.45, 2.75) is 25.3 Å². The van der Waals surface area contributed by atoms with Crippen molar-refractivity contribution in [3.8, 4) is 0 Å². The number of likely N-dealkylation sites (N-methyl/N-ethyl adjacent to an activating group) is 1. The van der Waals surface area contributed by atoms with E-state index in [4.69, 9.17) is 0 Å². The summed E-state index contributed by atoms with van der Waals surface area (Å²) in [5, 5.41) is 15.0. The van der Waals surface area contributed by atoms with E-state index in [9.17, 15) is 14.3 Å². The fraction of sp³-hybridized carbons (Fsp3) is 0.562. The molecule has 3 N–H and O–H groups in total. The van der Waals surface area contributed by atoms with Crippen LogP contribution in [0.15, 0.2) is 24.3 Å². The number of nitrogens with zero attached hydrogens (tertiary/aromatic N) is 1. The van der Waals surface area contributed by atoms with Crippen LogP contribution in [-0.2, 0) is 0 Å². The van der Waals surface area contributed by atoms with E-state index >= 15 is 0 Å². The Kier molecular flexibility index (Phi) is 6.15. The number of amides is 2. The molecule has 0 aliphatic carbocycles. The Hall–Kier alpha value is -1.66. The van der Waals surface area contributed by atoms with Crippen LogP contribution in [0.5, 0.6) is 0 Å². The number of rotatable bonds is 7. The van der Waals surface area contributed by atoms with Gasteiger partial charge in [-0.1, -0.05) is 19.1 Å². The predicted molar refractivity (Wildman–Crippen MR) is 83.3 cm³/mol. The van der Waals surface area contributed by atoms with E-state index in [0.717, 1.165) is 25.1 Å². The maximum atomic E-state index is 12.9. The van der Waals surface area contributed by atoms with E-state index in [1.807, 2.05) is 0 Å². The summed E-state index contributed by atoms with van der Waals surface area (Å²) in [6.07, 6.45) is 1.11. The highest BCUT2D eigenvalue weighted by molar-refractivity contribution is 5.73. The van der Waals surface area contributed by atoms with Crippen molar-refractivity contribution in [3.63, 3.8) is 0 Å². The van der Waals surface area contributed by atoms with E-state index in [2.05, 4.69) is 22.5 Å². The smallest absolute Gasteiger partial charge is 0.314 e. The van der Waals surface area contributed by atoms with Crippen molar-refractivity contribution >= 4 is 6.03 Å². The molecule has 2 amide bonds. The molecule has 0 spiro atoms. The molecule has 22 heavy (non-hydrogen) atoms. The lowest BCUT2D eigenvalue weighted by Crippen LogP contribution is -2.54. The third-order valence-corrected chi connectivity index (χ3v) is 4.24. The Morgan fingerprint density at radius 3 is 2.68 bits per heavy atom. The van der Waals surface area contributed by atoms with Gasteiger partial charge in [0.15, 0.2) is 0 Å². The molecule has 0 radical (unpaired) electrons. The highest BCUT2D eigenvalue weighted by atomic mass is 19.1. The second kappa shape index (κ2) is 8.10. The molecule has 2 unspecified atom stereocenters. The molecule has 0 saturated carbocycles. The average molecular weight is 309 g/mol. The van der Waals surface area contributed by atoms with Crippen molar-refractivity contribution in [1.29, 1.82) is 0 Å². The number of halogens is 1. The maximum Gasteiger partial charge on any atom is 0.314 e. The van der Waals surface area contributed by atoms with Gasteiger partial charge in [0.05, 0.1) is 6.61 Å². The number of urea groups is 1. The number of carbonyl (C=O) groups is 1. The quantitative estimate of drug-likeness (QED) is 0.711. The van der Waals surface area contributed by atoms with Crippen LogP contribution in [0.2, 0.25) is 0 Å². The third-order valence-electron chi connectivity index (χ3n) is 4.24. The van der Waals surface area contributed by atoms with Gasteiger partial charge >= 0.3 is 6.03 Å². The lowest BCUT2D eigenvalue weighted by molar-refractivity contribution is 0.0985. The molecule has 5 nitrogen and oxygen atoms in total. The van der Waals surface area contributed by atoms with Crippen LogP contribution < -0.4 is 10.6 Å². The van der Waals surface area contributed by atoms with Gasteiger partial charge in [-0.3, -0.25) is 4.90 Å². The molecular formula is C16H24FN3O2. The first kappa shape index (κ1) is 16.7. The van der Waals surface area contributed by atoms with E-state index in [0.29, 0.717) is 19.1 Å². The zero-order valence-electron chi connectivity index (χ0n) is 12.9. The van der Waals surface area contributed by atoms with Crippen molar-refractivity contribution in [2.24, 2.45) is 0 Å². The van der Waals surface area contributed by atoms with Gasteiger partial charge in [0, 0.05) is 31.6 Å². The zero-order valence-corrected chi connectivity index (χ0v) is 12.9. The van der Waals surface area contributed by atoms with E-state index in [1.54, 1.807) is 12.1 Å². The Labute approximate surface area is 130 Å². The Balaban J connectivity index is 1.73. The molecule has 1 saturated heterocycles. The van der Waals surface area contributed by atoms with Crippen molar-refractivity contribution < 1.29 is 14.3 Å². The Bertz CT molecular complexity index is 479. The van der Waals surface area contributed by atoms with Crippen LogP contribution >= 0.6 is 0 Å². The SMILES string of the molecule is CCN1CCC1CNC(=O)NCC(CO)c1ccc(F)cc1. The number of likely N-dealkylation sites (tertiary alicyclic amines) is 1. The van der Waals surface area contributed by atoms with Crippen molar-refractivity contribution in [1.82, 2.24) is 15.5 Å². The van der Waals surface area contributed by atoms with Gasteiger partial charge in [0.2, 0.25) is 0 Å². The fourth-order valence-electron chi connectivity index (χ4n) is 2.65. The van der Waals surface area contributed by atoms with E-state index < -0.39 is 0 Å². The number of hydrogen-bond donors (Lipinski definition) is 3. The molecule has 0 bridgehead atoms. The first-order valence-corrected chi connectivity index (χ1v) is 7.76. The molecule has 0 aromatic heterocycles. The average Bonchev–Trinajstić information content (AvgIpc) is 2.49. The number of carbonyl (C=O) groups excluding carboxylic acids is 1. The van der Waals surface area contributed by atoms with E-state index in [1.165, 1.54) is 12.1 Å². The summed E-state index contributed by atoms with van der Waals surface area (Å²) in [7, 11) is 0. The van der Waals surface area contributed by atoms with E-state index in [-0.39, 0.29) is 24.4 Å². The van der Waals surface area contributed by atoms with Crippen LogP contribution in [-0.4, -0.2) is 54.9 Å². The number of aliphatic hydroxyl groups is 1. The lowest BCUT2D eigenvalue weighted by Gasteiger charge is -2.40. The number of aliphatic hydroxyl groups excluding tert-OH is 1. The minimum Gasteiger partial charge on any atom is -0.396 e. The first-order chi connectivity index (χ1) is 10.6. The molecule has 1 aliphatic rings. The largest absolute Gasteiger partial charge is 0.396 e.